The molecule has 2 fully saturated rings. The quantitative estimate of drug-likeness (QED) is 0.0809. The molecule has 0 amide bonds. The lowest BCUT2D eigenvalue weighted by Crippen LogP contribution is -2.65. The minimum absolute atomic E-state index is 0.0189. The molecule has 0 aromatic heterocycles. The van der Waals surface area contributed by atoms with E-state index in [0.717, 1.165) is 38.5 Å². The SMILES string of the molecule is CCCCCCCCCC(=O)O[C@H]1[C@@H](O[C@@]2(CO)O[C@@H](CO)[C@@H](O)[C@H]2OC(=O)C(C)C)O[C@@H](COC(=O)C(C)C)[C@@H](O)[C@H]1OC(=O)C(C)C. The first-order valence-electron chi connectivity index (χ1n) is 17.5. The van der Waals surface area contributed by atoms with Gasteiger partial charge in [-0.2, -0.15) is 0 Å². The van der Waals surface area contributed by atoms with Crippen LogP contribution in [0, 0.1) is 17.8 Å². The molecule has 0 saturated carbocycles. The Morgan fingerprint density at radius 1 is 0.714 bits per heavy atom. The molecule has 0 aliphatic carbocycles. The van der Waals surface area contributed by atoms with Gasteiger partial charge in [0.25, 0.3) is 0 Å². The molecule has 0 spiro atoms. The molecule has 0 radical (unpaired) electrons. The van der Waals surface area contributed by atoms with Crippen molar-refractivity contribution < 1.29 is 72.8 Å². The van der Waals surface area contributed by atoms with Crippen LogP contribution in [0.4, 0.5) is 0 Å². The van der Waals surface area contributed by atoms with E-state index in [4.69, 9.17) is 33.2 Å². The second-order valence-corrected chi connectivity index (χ2v) is 13.6. The Hall–Kier alpha value is -2.40. The number of esters is 4. The standard InChI is InChI=1S/C34H58O15/c1-8-9-10-11-12-13-14-15-24(37)45-28-27(46-31(41)20(4)5)25(38)23(17-43-30(40)19(2)3)44-33(28)49-34(18-36)29(47-32(42)21(6)7)26(39)22(16-35)48-34/h19-23,25-29,33,35-36,38-39H,8-18H2,1-7H3/t22-,23-,25+,26+,27+,28+,29+,33+,34+/m0/s1. The molecule has 4 N–H and O–H groups in total. The summed E-state index contributed by atoms with van der Waals surface area (Å²) in [4.78, 5) is 51.1. The first-order chi connectivity index (χ1) is 23.1. The third kappa shape index (κ3) is 12.1. The molecular weight excluding hydrogens is 648 g/mol. The third-order valence-electron chi connectivity index (χ3n) is 8.36. The molecule has 0 aromatic rings. The second-order valence-electron chi connectivity index (χ2n) is 13.6. The first kappa shape index (κ1) is 42.8. The number of rotatable bonds is 20. The summed E-state index contributed by atoms with van der Waals surface area (Å²) in [6.07, 6.45) is -6.45. The van der Waals surface area contributed by atoms with Crippen molar-refractivity contribution in [3.8, 4) is 0 Å². The zero-order chi connectivity index (χ0) is 36.9. The molecule has 0 unspecified atom stereocenters. The smallest absolute Gasteiger partial charge is 0.308 e. The fraction of sp³-hybridized carbons (Fsp3) is 0.882. The summed E-state index contributed by atoms with van der Waals surface area (Å²) in [5.74, 6) is -7.14. The summed E-state index contributed by atoms with van der Waals surface area (Å²) >= 11 is 0. The molecule has 2 aliphatic heterocycles. The fourth-order valence-corrected chi connectivity index (χ4v) is 5.29. The molecule has 15 heteroatoms. The van der Waals surface area contributed by atoms with Crippen LogP contribution in [-0.4, -0.2) is 119 Å². The van der Waals surface area contributed by atoms with Crippen LogP contribution in [-0.2, 0) is 52.3 Å². The van der Waals surface area contributed by atoms with Gasteiger partial charge in [-0.05, 0) is 6.42 Å². The van der Waals surface area contributed by atoms with Crippen molar-refractivity contribution in [3.63, 3.8) is 0 Å². The van der Waals surface area contributed by atoms with Crippen LogP contribution >= 0.6 is 0 Å². The molecule has 15 nitrogen and oxygen atoms in total. The molecule has 49 heavy (non-hydrogen) atoms. The highest BCUT2D eigenvalue weighted by Crippen LogP contribution is 2.39. The molecule has 9 atom stereocenters. The Balaban J connectivity index is 2.49. The van der Waals surface area contributed by atoms with E-state index in [0.29, 0.717) is 6.42 Å². The average molecular weight is 707 g/mol. The number of unbranched alkanes of at least 4 members (excludes halogenated alkanes) is 6. The molecule has 2 heterocycles. The predicted molar refractivity (Wildman–Crippen MR) is 171 cm³/mol. The Bertz CT molecular complexity index is 1050. The van der Waals surface area contributed by atoms with Gasteiger partial charge in [-0.1, -0.05) is 87.0 Å². The maximum atomic E-state index is 13.2. The van der Waals surface area contributed by atoms with E-state index in [9.17, 15) is 39.6 Å². The van der Waals surface area contributed by atoms with E-state index in [1.807, 2.05) is 0 Å². The van der Waals surface area contributed by atoms with Gasteiger partial charge >= 0.3 is 23.9 Å². The Labute approximate surface area is 288 Å². The summed E-state index contributed by atoms with van der Waals surface area (Å²) < 4.78 is 40.1. The number of aliphatic hydroxyl groups excluding tert-OH is 4. The Kier molecular flexibility index (Phi) is 17.8. The summed E-state index contributed by atoms with van der Waals surface area (Å²) in [6, 6.07) is 0. The van der Waals surface area contributed by atoms with Crippen molar-refractivity contribution in [3.05, 3.63) is 0 Å². The van der Waals surface area contributed by atoms with E-state index in [-0.39, 0.29) is 6.42 Å². The van der Waals surface area contributed by atoms with Crippen LogP contribution < -0.4 is 0 Å². The minimum Gasteiger partial charge on any atom is -0.463 e. The van der Waals surface area contributed by atoms with Crippen molar-refractivity contribution in [2.24, 2.45) is 17.8 Å². The molecular formula is C34H58O15. The van der Waals surface area contributed by atoms with Gasteiger partial charge < -0.3 is 53.6 Å². The van der Waals surface area contributed by atoms with Crippen molar-refractivity contribution in [2.45, 2.75) is 155 Å². The number of ether oxygens (including phenoxy) is 7. The van der Waals surface area contributed by atoms with Gasteiger partial charge in [-0.15, -0.1) is 0 Å². The van der Waals surface area contributed by atoms with Crippen LogP contribution in [0.2, 0.25) is 0 Å². The number of hydrogen-bond donors (Lipinski definition) is 4. The third-order valence-corrected chi connectivity index (χ3v) is 8.36. The van der Waals surface area contributed by atoms with E-state index >= 15 is 0 Å². The molecule has 2 aliphatic rings. The van der Waals surface area contributed by atoms with Gasteiger partial charge in [-0.25, -0.2) is 0 Å². The van der Waals surface area contributed by atoms with Gasteiger partial charge in [0.2, 0.25) is 12.1 Å². The van der Waals surface area contributed by atoms with Crippen molar-refractivity contribution in [1.82, 2.24) is 0 Å². The van der Waals surface area contributed by atoms with Crippen LogP contribution in [0.1, 0.15) is 99.8 Å². The number of hydrogen-bond acceptors (Lipinski definition) is 15. The largest absolute Gasteiger partial charge is 0.463 e. The maximum absolute atomic E-state index is 13.2. The molecule has 0 aromatic carbocycles. The number of carbonyl (C=O) groups is 4. The lowest BCUT2D eigenvalue weighted by molar-refractivity contribution is -0.384. The van der Waals surface area contributed by atoms with Crippen LogP contribution in [0.25, 0.3) is 0 Å². The van der Waals surface area contributed by atoms with E-state index in [1.165, 1.54) is 0 Å². The lowest BCUT2D eigenvalue weighted by atomic mass is 9.97. The highest BCUT2D eigenvalue weighted by Gasteiger charge is 2.62. The Morgan fingerprint density at radius 3 is 1.84 bits per heavy atom. The summed E-state index contributed by atoms with van der Waals surface area (Å²) in [7, 11) is 0. The van der Waals surface area contributed by atoms with Crippen molar-refractivity contribution >= 4 is 23.9 Å². The summed E-state index contributed by atoms with van der Waals surface area (Å²) in [5.41, 5.74) is 0. The van der Waals surface area contributed by atoms with Gasteiger partial charge in [0.05, 0.1) is 24.4 Å². The predicted octanol–water partition coefficient (Wildman–Crippen LogP) is 1.92. The minimum atomic E-state index is -2.39. The average Bonchev–Trinajstić information content (AvgIpc) is 3.32. The highest BCUT2D eigenvalue weighted by molar-refractivity contribution is 5.73. The zero-order valence-electron chi connectivity index (χ0n) is 29.9. The lowest BCUT2D eigenvalue weighted by Gasteiger charge is -2.46. The van der Waals surface area contributed by atoms with Crippen molar-refractivity contribution in [1.29, 1.82) is 0 Å². The van der Waals surface area contributed by atoms with Gasteiger partial charge in [0, 0.05) is 6.42 Å². The highest BCUT2D eigenvalue weighted by atomic mass is 16.8. The molecule has 0 bridgehead atoms. The summed E-state index contributed by atoms with van der Waals surface area (Å²) in [5, 5.41) is 42.9. The van der Waals surface area contributed by atoms with Gasteiger partial charge in [0.15, 0.2) is 18.3 Å². The van der Waals surface area contributed by atoms with Crippen LogP contribution in [0.3, 0.4) is 0 Å². The number of carbonyl (C=O) groups excluding carboxylic acids is 4. The van der Waals surface area contributed by atoms with Gasteiger partial charge in [0.1, 0.15) is 37.6 Å². The first-order valence-corrected chi connectivity index (χ1v) is 17.5. The van der Waals surface area contributed by atoms with Crippen LogP contribution in [0.15, 0.2) is 0 Å². The molecule has 2 saturated heterocycles. The Morgan fingerprint density at radius 2 is 1.29 bits per heavy atom. The van der Waals surface area contributed by atoms with Crippen molar-refractivity contribution in [2.75, 3.05) is 19.8 Å². The van der Waals surface area contributed by atoms with Gasteiger partial charge in [-0.3, -0.25) is 19.2 Å². The topological polar surface area (TPSA) is 214 Å². The van der Waals surface area contributed by atoms with Crippen LogP contribution in [0.5, 0.6) is 0 Å². The maximum Gasteiger partial charge on any atom is 0.308 e. The molecule has 284 valence electrons. The second kappa shape index (κ2) is 20.4. The number of aliphatic hydroxyl groups is 4. The zero-order valence-corrected chi connectivity index (χ0v) is 29.9. The monoisotopic (exact) mass is 706 g/mol. The summed E-state index contributed by atoms with van der Waals surface area (Å²) in [6.45, 7) is 9.18. The van der Waals surface area contributed by atoms with E-state index < -0.39 is 116 Å². The normalized spacial score (nSPS) is 30.1. The fourth-order valence-electron chi connectivity index (χ4n) is 5.29. The van der Waals surface area contributed by atoms with E-state index in [1.54, 1.807) is 41.5 Å². The molecule has 2 rings (SSSR count). The van der Waals surface area contributed by atoms with E-state index in [2.05, 4.69) is 6.92 Å².